The highest BCUT2D eigenvalue weighted by atomic mass is 16.4. The van der Waals surface area contributed by atoms with E-state index in [9.17, 15) is 29.1 Å². The van der Waals surface area contributed by atoms with Gasteiger partial charge < -0.3 is 20.6 Å². The van der Waals surface area contributed by atoms with Crippen molar-refractivity contribution >= 4 is 29.5 Å². The Bertz CT molecular complexity index is 1410. The number of carbonyl (C=O) groups is 5. The van der Waals surface area contributed by atoms with Gasteiger partial charge in [-0.25, -0.2) is 4.68 Å². The lowest BCUT2D eigenvalue weighted by Crippen LogP contribution is -2.56. The molecule has 1 aliphatic heterocycles. The number of aliphatic carboxylic acids is 1. The monoisotopic (exact) mass is 576 g/mol. The molecule has 0 aliphatic carbocycles. The highest BCUT2D eigenvalue weighted by Crippen LogP contribution is 2.16. The van der Waals surface area contributed by atoms with E-state index in [-0.39, 0.29) is 18.8 Å². The Morgan fingerprint density at radius 2 is 1.83 bits per heavy atom. The van der Waals surface area contributed by atoms with Crippen molar-refractivity contribution < 1.29 is 29.1 Å². The Hall–Kier alpha value is -5.01. The quantitative estimate of drug-likeness (QED) is 0.272. The van der Waals surface area contributed by atoms with E-state index in [1.54, 1.807) is 12.1 Å². The number of aromatic nitrogens is 5. The molecule has 14 nitrogen and oxygen atoms in total. The molecular weight excluding hydrogens is 544 g/mol. The lowest BCUT2D eigenvalue weighted by Gasteiger charge is -2.30. The fourth-order valence-electron chi connectivity index (χ4n) is 4.67. The van der Waals surface area contributed by atoms with Gasteiger partial charge in [0.15, 0.2) is 11.6 Å². The molecule has 14 heteroatoms. The first-order valence-corrected chi connectivity index (χ1v) is 13.6. The third-order valence-electron chi connectivity index (χ3n) is 6.97. The molecule has 1 fully saturated rings. The molecule has 0 saturated carbocycles. The average Bonchev–Trinajstić information content (AvgIpc) is 3.33. The van der Waals surface area contributed by atoms with Crippen molar-refractivity contribution in [2.75, 3.05) is 6.54 Å². The fraction of sp³-hybridized carbons (Fsp3) is 0.393. The van der Waals surface area contributed by atoms with Gasteiger partial charge in [0.25, 0.3) is 5.91 Å². The zero-order valence-corrected chi connectivity index (χ0v) is 23.0. The number of carboxylic acids is 1. The van der Waals surface area contributed by atoms with Gasteiger partial charge in [-0.2, -0.15) is 0 Å². The lowest BCUT2D eigenvalue weighted by atomic mass is 10.1. The van der Waals surface area contributed by atoms with Crippen LogP contribution in [-0.2, 0) is 32.1 Å². The number of hydrogen-bond acceptors (Lipinski definition) is 9. The van der Waals surface area contributed by atoms with Crippen molar-refractivity contribution in [1.29, 1.82) is 0 Å². The number of likely N-dealkylation sites (tertiary alicyclic amines) is 1. The minimum absolute atomic E-state index is 0.163. The second kappa shape index (κ2) is 14.1. The van der Waals surface area contributed by atoms with Crippen LogP contribution in [0, 0.1) is 0 Å². The Morgan fingerprint density at radius 3 is 2.55 bits per heavy atom. The van der Waals surface area contributed by atoms with Gasteiger partial charge in [0.05, 0.1) is 12.5 Å². The number of hydrogen-bond donors (Lipinski definition) is 3. The molecule has 3 amide bonds. The minimum Gasteiger partial charge on any atom is -0.481 e. The van der Waals surface area contributed by atoms with E-state index in [0.717, 1.165) is 5.56 Å². The number of carboxylic acid groups (broad SMARTS) is 1. The number of amides is 3. The normalized spacial score (nSPS) is 16.6. The zero-order valence-electron chi connectivity index (χ0n) is 23.0. The van der Waals surface area contributed by atoms with Crippen molar-refractivity contribution in [3.05, 3.63) is 71.8 Å². The number of pyridine rings is 1. The highest BCUT2D eigenvalue weighted by molar-refractivity contribution is 5.98. The van der Waals surface area contributed by atoms with Gasteiger partial charge in [0, 0.05) is 19.2 Å². The van der Waals surface area contributed by atoms with E-state index in [0.29, 0.717) is 31.5 Å². The maximum absolute atomic E-state index is 13.4. The number of carbonyl (C=O) groups excluding carboxylic acids is 4. The summed E-state index contributed by atoms with van der Waals surface area (Å²) in [4.78, 5) is 69.4. The maximum Gasteiger partial charge on any atom is 0.305 e. The number of nitrogens with zero attached hydrogens (tertiary/aromatic N) is 6. The SMILES string of the molecule is CC(C(=O)NC(CC(=O)O)C(=O)Cn1nnnc1Cc1ccccc1)N1CCCCC(NC(=O)c2ccccn2)C1=O. The molecule has 1 aromatic carbocycles. The first-order valence-electron chi connectivity index (χ1n) is 13.6. The molecule has 2 aromatic heterocycles. The van der Waals surface area contributed by atoms with Gasteiger partial charge in [-0.3, -0.25) is 29.0 Å². The van der Waals surface area contributed by atoms with E-state index in [4.69, 9.17) is 0 Å². The number of benzene rings is 1. The van der Waals surface area contributed by atoms with Crippen LogP contribution >= 0.6 is 0 Å². The van der Waals surface area contributed by atoms with Crippen LogP contribution in [0.4, 0.5) is 0 Å². The first-order chi connectivity index (χ1) is 20.2. The first kappa shape index (κ1) is 30.0. The van der Waals surface area contributed by atoms with Crippen LogP contribution in [0.3, 0.4) is 0 Å². The summed E-state index contributed by atoms with van der Waals surface area (Å²) in [5.74, 6) is -3.14. The van der Waals surface area contributed by atoms with E-state index < -0.39 is 54.0 Å². The Balaban J connectivity index is 1.42. The van der Waals surface area contributed by atoms with Crippen molar-refractivity contribution in [2.24, 2.45) is 0 Å². The number of rotatable bonds is 12. The molecule has 0 bridgehead atoms. The third-order valence-corrected chi connectivity index (χ3v) is 6.97. The minimum atomic E-state index is -1.38. The average molecular weight is 577 g/mol. The Labute approximate surface area is 241 Å². The standard InChI is InChI=1S/C28H32N8O6/c1-18(35-14-8-6-12-21(28(35)42)30-27(41)20-11-5-7-13-29-20)26(40)31-22(16-25(38)39)23(37)17-36-24(32-33-34-36)15-19-9-3-2-4-10-19/h2-5,7,9-11,13,18,21-22H,6,8,12,14-17H2,1H3,(H,30,41)(H,31,40)(H,38,39). The van der Waals surface area contributed by atoms with Gasteiger partial charge in [-0.1, -0.05) is 36.4 Å². The Kier molecular flexibility index (Phi) is 10.0. The summed E-state index contributed by atoms with van der Waals surface area (Å²) in [7, 11) is 0. The molecule has 0 radical (unpaired) electrons. The fourth-order valence-corrected chi connectivity index (χ4v) is 4.67. The molecule has 1 aliphatic rings. The third kappa shape index (κ3) is 7.80. The smallest absolute Gasteiger partial charge is 0.305 e. The van der Waals surface area contributed by atoms with E-state index in [1.165, 1.54) is 28.8 Å². The van der Waals surface area contributed by atoms with Crippen molar-refractivity contribution in [3.63, 3.8) is 0 Å². The second-order valence-corrected chi connectivity index (χ2v) is 9.98. The second-order valence-electron chi connectivity index (χ2n) is 9.98. The van der Waals surface area contributed by atoms with Crippen molar-refractivity contribution in [2.45, 2.75) is 63.7 Å². The summed E-state index contributed by atoms with van der Waals surface area (Å²) < 4.78 is 1.27. The topological polar surface area (TPSA) is 189 Å². The van der Waals surface area contributed by atoms with Gasteiger partial charge in [0.1, 0.15) is 24.3 Å². The van der Waals surface area contributed by atoms with Gasteiger partial charge in [0.2, 0.25) is 11.8 Å². The number of tetrazole rings is 1. The van der Waals surface area contributed by atoms with E-state index in [1.807, 2.05) is 30.3 Å². The van der Waals surface area contributed by atoms with Gasteiger partial charge >= 0.3 is 5.97 Å². The molecular formula is C28H32N8O6. The summed E-state index contributed by atoms with van der Waals surface area (Å²) in [6.07, 6.45) is 2.79. The van der Waals surface area contributed by atoms with Crippen LogP contribution in [-0.4, -0.2) is 89.3 Å². The van der Waals surface area contributed by atoms with Crippen molar-refractivity contribution in [3.8, 4) is 0 Å². The summed E-state index contributed by atoms with van der Waals surface area (Å²) >= 11 is 0. The highest BCUT2D eigenvalue weighted by Gasteiger charge is 2.35. The molecule has 0 spiro atoms. The number of Topliss-reactive ketones (excluding diaryl/α,β-unsaturated/α-hetero) is 1. The molecule has 3 atom stereocenters. The zero-order chi connectivity index (χ0) is 30.1. The molecule has 3 aromatic rings. The molecule has 3 N–H and O–H groups in total. The molecule has 3 heterocycles. The van der Waals surface area contributed by atoms with Crippen LogP contribution in [0.5, 0.6) is 0 Å². The van der Waals surface area contributed by atoms with E-state index >= 15 is 0 Å². The molecule has 3 unspecified atom stereocenters. The number of nitrogens with one attached hydrogen (secondary N) is 2. The molecule has 42 heavy (non-hydrogen) atoms. The largest absolute Gasteiger partial charge is 0.481 e. The van der Waals surface area contributed by atoms with Crippen LogP contribution < -0.4 is 10.6 Å². The maximum atomic E-state index is 13.4. The molecule has 220 valence electrons. The summed E-state index contributed by atoms with van der Waals surface area (Å²) in [5.41, 5.74) is 1.08. The Morgan fingerprint density at radius 1 is 1.07 bits per heavy atom. The predicted octanol–water partition coefficient (Wildman–Crippen LogP) is 0.387. The summed E-state index contributed by atoms with van der Waals surface area (Å²) in [6.45, 7) is 1.40. The van der Waals surface area contributed by atoms with Crippen LogP contribution in [0.25, 0.3) is 0 Å². The molecule has 4 rings (SSSR count). The van der Waals surface area contributed by atoms with Gasteiger partial charge in [-0.15, -0.1) is 5.10 Å². The number of ketones is 1. The van der Waals surface area contributed by atoms with E-state index in [2.05, 4.69) is 31.1 Å². The van der Waals surface area contributed by atoms with Crippen molar-refractivity contribution in [1.82, 2.24) is 40.7 Å². The van der Waals surface area contributed by atoms with Crippen LogP contribution in [0.1, 0.15) is 54.5 Å². The molecule has 1 saturated heterocycles. The predicted molar refractivity (Wildman–Crippen MR) is 147 cm³/mol. The lowest BCUT2D eigenvalue weighted by molar-refractivity contribution is -0.143. The van der Waals surface area contributed by atoms with Crippen LogP contribution in [0.15, 0.2) is 54.7 Å². The summed E-state index contributed by atoms with van der Waals surface area (Å²) in [5, 5.41) is 26.1. The summed E-state index contributed by atoms with van der Waals surface area (Å²) in [6, 6.07) is 10.9. The van der Waals surface area contributed by atoms with Crippen LogP contribution in [0.2, 0.25) is 0 Å². The van der Waals surface area contributed by atoms with Gasteiger partial charge in [-0.05, 0) is 54.3 Å².